The Morgan fingerprint density at radius 1 is 1.00 bits per heavy atom. The van der Waals surface area contributed by atoms with Gasteiger partial charge in [-0.15, -0.1) is 0 Å². The van der Waals surface area contributed by atoms with Crippen LogP contribution in [0.15, 0.2) is 56.5 Å². The highest BCUT2D eigenvalue weighted by atomic mass is 16.5. The first-order valence-corrected chi connectivity index (χ1v) is 7.47. The summed E-state index contributed by atoms with van der Waals surface area (Å²) in [5.41, 5.74) is 0.879. The first kappa shape index (κ1) is 15.9. The molecule has 0 bridgehead atoms. The van der Waals surface area contributed by atoms with Crippen LogP contribution in [0.4, 0.5) is 0 Å². The lowest BCUT2D eigenvalue weighted by Crippen LogP contribution is -2.33. The molecule has 0 saturated heterocycles. The van der Waals surface area contributed by atoms with Crippen molar-refractivity contribution in [1.82, 2.24) is 4.57 Å². The van der Waals surface area contributed by atoms with Gasteiger partial charge < -0.3 is 13.9 Å². The highest BCUT2D eigenvalue weighted by Gasteiger charge is 2.10. The van der Waals surface area contributed by atoms with E-state index in [0.29, 0.717) is 28.9 Å². The highest BCUT2D eigenvalue weighted by molar-refractivity contribution is 5.74. The summed E-state index contributed by atoms with van der Waals surface area (Å²) in [6, 6.07) is 12.2. The monoisotopic (exact) mass is 327 g/mol. The van der Waals surface area contributed by atoms with Crippen molar-refractivity contribution in [3.63, 3.8) is 0 Å². The van der Waals surface area contributed by atoms with Gasteiger partial charge >= 0.3 is 5.76 Å². The number of nitrogens with zero attached hydrogens (tertiary/aromatic N) is 1. The Labute approximate surface area is 137 Å². The van der Waals surface area contributed by atoms with Crippen molar-refractivity contribution in [3.05, 3.63) is 68.9 Å². The number of hydrogen-bond donors (Lipinski definition) is 0. The van der Waals surface area contributed by atoms with Crippen LogP contribution in [0.3, 0.4) is 0 Å². The number of fused-ring (bicyclic) bond motifs is 1. The van der Waals surface area contributed by atoms with Crippen LogP contribution in [-0.4, -0.2) is 18.8 Å². The summed E-state index contributed by atoms with van der Waals surface area (Å²) in [6.45, 7) is 0.224. The van der Waals surface area contributed by atoms with Gasteiger partial charge in [-0.1, -0.05) is 18.2 Å². The molecule has 3 aromatic rings. The van der Waals surface area contributed by atoms with Crippen molar-refractivity contribution < 1.29 is 13.9 Å². The van der Waals surface area contributed by atoms with E-state index < -0.39 is 5.76 Å². The Morgan fingerprint density at radius 2 is 1.75 bits per heavy atom. The number of aryl methyl sites for hydroxylation is 1. The van der Waals surface area contributed by atoms with Crippen LogP contribution in [0.2, 0.25) is 0 Å². The number of rotatable bonds is 5. The molecule has 2 aromatic carbocycles. The Hall–Kier alpha value is -3.02. The van der Waals surface area contributed by atoms with E-state index in [4.69, 9.17) is 13.9 Å². The summed E-state index contributed by atoms with van der Waals surface area (Å²) in [6.07, 6.45) is 0.489. The molecule has 0 aliphatic carbocycles. The van der Waals surface area contributed by atoms with Crippen LogP contribution < -0.4 is 20.8 Å². The quantitative estimate of drug-likeness (QED) is 0.718. The molecule has 0 aliphatic heterocycles. The normalized spacial score (nSPS) is 10.8. The minimum atomic E-state index is -0.654. The molecule has 124 valence electrons. The summed E-state index contributed by atoms with van der Waals surface area (Å²) in [5.74, 6) is 0.579. The van der Waals surface area contributed by atoms with Crippen molar-refractivity contribution in [2.75, 3.05) is 14.2 Å². The summed E-state index contributed by atoms with van der Waals surface area (Å²) in [4.78, 5) is 24.5. The summed E-state index contributed by atoms with van der Waals surface area (Å²) >= 11 is 0. The van der Waals surface area contributed by atoms with Crippen molar-refractivity contribution >= 4 is 11.0 Å². The minimum absolute atomic E-state index is 0.224. The van der Waals surface area contributed by atoms with Crippen molar-refractivity contribution in [1.29, 1.82) is 0 Å². The third-order valence-electron chi connectivity index (χ3n) is 3.85. The maximum absolute atomic E-state index is 12.5. The van der Waals surface area contributed by atoms with Gasteiger partial charge in [0, 0.05) is 6.54 Å². The van der Waals surface area contributed by atoms with Gasteiger partial charge in [0.05, 0.1) is 19.6 Å². The Bertz CT molecular complexity index is 987. The number of methoxy groups -OCH3 is 2. The Kier molecular flexibility index (Phi) is 4.37. The number of para-hydroxylation sites is 1. The fourth-order valence-corrected chi connectivity index (χ4v) is 2.58. The van der Waals surface area contributed by atoms with Gasteiger partial charge in [-0.25, -0.2) is 9.36 Å². The van der Waals surface area contributed by atoms with E-state index in [9.17, 15) is 9.59 Å². The lowest BCUT2D eigenvalue weighted by atomic mass is 10.1. The molecule has 6 heteroatoms. The number of ether oxygens (including phenoxy) is 2. The fourth-order valence-electron chi connectivity index (χ4n) is 2.58. The zero-order valence-electron chi connectivity index (χ0n) is 13.4. The van der Waals surface area contributed by atoms with Crippen LogP contribution in [0.25, 0.3) is 11.0 Å². The predicted molar refractivity (Wildman–Crippen MR) is 90.0 cm³/mol. The molecule has 0 amide bonds. The van der Waals surface area contributed by atoms with E-state index in [1.165, 1.54) is 0 Å². The standard InChI is InChI=1S/C18H17NO5/c1-22-15-8-7-12(11-16(15)23-2)9-10-19-17(20)13-5-3-4-6-14(13)24-18(19)21/h3-8,11H,9-10H2,1-2H3. The first-order valence-electron chi connectivity index (χ1n) is 7.47. The van der Waals surface area contributed by atoms with Crippen molar-refractivity contribution in [2.45, 2.75) is 13.0 Å². The highest BCUT2D eigenvalue weighted by Crippen LogP contribution is 2.27. The number of aromatic nitrogens is 1. The van der Waals surface area contributed by atoms with Gasteiger partial charge in [0.1, 0.15) is 5.58 Å². The van der Waals surface area contributed by atoms with Crippen molar-refractivity contribution in [2.24, 2.45) is 0 Å². The maximum atomic E-state index is 12.5. The molecule has 0 aliphatic rings. The second kappa shape index (κ2) is 6.62. The number of hydrogen-bond acceptors (Lipinski definition) is 5. The van der Waals surface area contributed by atoms with E-state index in [1.807, 2.05) is 12.1 Å². The van der Waals surface area contributed by atoms with E-state index >= 15 is 0 Å². The van der Waals surface area contributed by atoms with E-state index in [2.05, 4.69) is 0 Å². The second-order valence-corrected chi connectivity index (χ2v) is 5.26. The lowest BCUT2D eigenvalue weighted by Gasteiger charge is -2.10. The molecule has 0 N–H and O–H groups in total. The molecule has 0 saturated carbocycles. The Balaban J connectivity index is 1.91. The van der Waals surface area contributed by atoms with Crippen molar-refractivity contribution in [3.8, 4) is 11.5 Å². The van der Waals surface area contributed by atoms with Crippen LogP contribution in [0.1, 0.15) is 5.56 Å². The van der Waals surface area contributed by atoms with Crippen LogP contribution in [0, 0.1) is 0 Å². The summed E-state index contributed by atoms with van der Waals surface area (Å²) in [7, 11) is 3.13. The molecule has 3 rings (SSSR count). The molecule has 0 spiro atoms. The Morgan fingerprint density at radius 3 is 2.50 bits per heavy atom. The first-order chi connectivity index (χ1) is 11.6. The molecule has 0 radical (unpaired) electrons. The summed E-state index contributed by atoms with van der Waals surface area (Å²) in [5, 5.41) is 0.393. The average molecular weight is 327 g/mol. The van der Waals surface area contributed by atoms with Crippen LogP contribution >= 0.6 is 0 Å². The molecule has 0 fully saturated rings. The van der Waals surface area contributed by atoms with Crippen LogP contribution in [0.5, 0.6) is 11.5 Å². The molecular weight excluding hydrogens is 310 g/mol. The van der Waals surface area contributed by atoms with Gasteiger partial charge in [0.25, 0.3) is 5.56 Å². The smallest absolute Gasteiger partial charge is 0.422 e. The molecule has 0 unspecified atom stereocenters. The van der Waals surface area contributed by atoms with E-state index in [0.717, 1.165) is 10.1 Å². The van der Waals surface area contributed by atoms with Gasteiger partial charge in [-0.05, 0) is 36.2 Å². The predicted octanol–water partition coefficient (Wildman–Crippen LogP) is 2.21. The number of benzene rings is 2. The molecule has 6 nitrogen and oxygen atoms in total. The fraction of sp³-hybridized carbons (Fsp3) is 0.222. The van der Waals surface area contributed by atoms with Gasteiger partial charge in [0.2, 0.25) is 0 Å². The summed E-state index contributed by atoms with van der Waals surface area (Å²) < 4.78 is 16.8. The van der Waals surface area contributed by atoms with E-state index in [-0.39, 0.29) is 12.1 Å². The van der Waals surface area contributed by atoms with Gasteiger partial charge in [0.15, 0.2) is 11.5 Å². The molecule has 1 heterocycles. The van der Waals surface area contributed by atoms with Gasteiger partial charge in [-0.3, -0.25) is 4.79 Å². The SMILES string of the molecule is COc1ccc(CCn2c(=O)oc3ccccc3c2=O)cc1OC. The molecule has 1 aromatic heterocycles. The second-order valence-electron chi connectivity index (χ2n) is 5.26. The third kappa shape index (κ3) is 2.90. The topological polar surface area (TPSA) is 70.7 Å². The lowest BCUT2D eigenvalue weighted by molar-refractivity contribution is 0.354. The van der Waals surface area contributed by atoms with E-state index in [1.54, 1.807) is 44.6 Å². The van der Waals surface area contributed by atoms with Gasteiger partial charge in [-0.2, -0.15) is 0 Å². The average Bonchev–Trinajstić information content (AvgIpc) is 2.61. The maximum Gasteiger partial charge on any atom is 0.422 e. The molecule has 24 heavy (non-hydrogen) atoms. The van der Waals surface area contributed by atoms with Crippen LogP contribution in [-0.2, 0) is 13.0 Å². The zero-order chi connectivity index (χ0) is 17.1. The molecular formula is C18H17NO5. The third-order valence-corrected chi connectivity index (χ3v) is 3.85. The minimum Gasteiger partial charge on any atom is -0.493 e. The molecule has 0 atom stereocenters. The largest absolute Gasteiger partial charge is 0.493 e. The zero-order valence-corrected chi connectivity index (χ0v) is 13.4.